The first-order valence-electron chi connectivity index (χ1n) is 8.45. The van der Waals surface area contributed by atoms with E-state index >= 15 is 0 Å². The largest absolute Gasteiger partial charge is 0.379 e. The fourth-order valence-corrected chi connectivity index (χ4v) is 4.20. The van der Waals surface area contributed by atoms with E-state index in [4.69, 9.17) is 4.74 Å². The molecule has 0 aromatic rings. The molecule has 3 nitrogen and oxygen atoms in total. The maximum Gasteiger partial charge on any atom is 0.0594 e. The Balaban J connectivity index is 1.52. The minimum absolute atomic E-state index is 0.780. The maximum absolute atomic E-state index is 5.47. The van der Waals surface area contributed by atoms with E-state index in [0.717, 1.165) is 44.2 Å². The topological polar surface area (TPSA) is 15.7 Å². The van der Waals surface area contributed by atoms with E-state index in [-0.39, 0.29) is 0 Å². The highest BCUT2D eigenvalue weighted by Crippen LogP contribution is 2.31. The Morgan fingerprint density at radius 1 is 1.20 bits per heavy atom. The number of ether oxygens (including phenoxy) is 1. The molecule has 0 aromatic heterocycles. The van der Waals surface area contributed by atoms with Gasteiger partial charge in [0.05, 0.1) is 13.2 Å². The molecule has 0 amide bonds. The molecule has 0 radical (unpaired) electrons. The lowest BCUT2D eigenvalue weighted by atomic mass is 9.80. The van der Waals surface area contributed by atoms with Crippen LogP contribution in [0.15, 0.2) is 11.6 Å². The summed E-state index contributed by atoms with van der Waals surface area (Å²) in [6.45, 7) is 12.8. The summed E-state index contributed by atoms with van der Waals surface area (Å²) in [7, 11) is 0. The molecule has 0 N–H and O–H groups in total. The summed E-state index contributed by atoms with van der Waals surface area (Å²) in [4.78, 5) is 5.36. The molecule has 0 aromatic carbocycles. The summed E-state index contributed by atoms with van der Waals surface area (Å²) in [6, 6.07) is 0.780. The SMILES string of the molecule is CC1=CCC[C@H](C)[C@H]1CN1CC[C@@H](N2CCOCC2)C1. The summed E-state index contributed by atoms with van der Waals surface area (Å²) in [5, 5.41) is 0. The highest BCUT2D eigenvalue weighted by atomic mass is 16.5. The molecule has 1 aliphatic carbocycles. The molecule has 114 valence electrons. The molecule has 3 heteroatoms. The third kappa shape index (κ3) is 3.26. The van der Waals surface area contributed by atoms with Crippen molar-refractivity contribution in [2.24, 2.45) is 11.8 Å². The van der Waals surface area contributed by atoms with Gasteiger partial charge in [0.1, 0.15) is 0 Å². The van der Waals surface area contributed by atoms with E-state index in [1.807, 2.05) is 0 Å². The number of allylic oxidation sites excluding steroid dienone is 1. The summed E-state index contributed by atoms with van der Waals surface area (Å²) in [5.41, 5.74) is 1.64. The van der Waals surface area contributed by atoms with E-state index in [1.54, 1.807) is 5.57 Å². The average Bonchev–Trinajstić information content (AvgIpc) is 2.93. The van der Waals surface area contributed by atoms with Gasteiger partial charge in [0.15, 0.2) is 0 Å². The first kappa shape index (κ1) is 14.6. The summed E-state index contributed by atoms with van der Waals surface area (Å²) >= 11 is 0. The maximum atomic E-state index is 5.47. The highest BCUT2D eigenvalue weighted by molar-refractivity contribution is 5.09. The Labute approximate surface area is 124 Å². The van der Waals surface area contributed by atoms with Gasteiger partial charge in [0.2, 0.25) is 0 Å². The first-order chi connectivity index (χ1) is 9.74. The predicted molar refractivity (Wildman–Crippen MR) is 82.9 cm³/mol. The molecule has 3 aliphatic rings. The molecule has 0 spiro atoms. The third-order valence-corrected chi connectivity index (χ3v) is 5.62. The van der Waals surface area contributed by atoms with Gasteiger partial charge in [-0.05, 0) is 44.6 Å². The first-order valence-corrected chi connectivity index (χ1v) is 8.45. The second-order valence-corrected chi connectivity index (χ2v) is 6.96. The second-order valence-electron chi connectivity index (χ2n) is 6.96. The lowest BCUT2D eigenvalue weighted by Crippen LogP contribution is -2.45. The molecule has 20 heavy (non-hydrogen) atoms. The molecule has 0 bridgehead atoms. The Kier molecular flexibility index (Phi) is 4.79. The van der Waals surface area contributed by atoms with Crippen LogP contribution >= 0.6 is 0 Å². The monoisotopic (exact) mass is 278 g/mol. The minimum Gasteiger partial charge on any atom is -0.379 e. The predicted octanol–water partition coefficient (Wildman–Crippen LogP) is 2.39. The van der Waals surface area contributed by atoms with Crippen LogP contribution in [0.1, 0.15) is 33.1 Å². The number of morpholine rings is 1. The number of hydrogen-bond donors (Lipinski definition) is 0. The summed E-state index contributed by atoms with van der Waals surface area (Å²) in [5.74, 6) is 1.66. The van der Waals surface area contributed by atoms with Gasteiger partial charge in [-0.15, -0.1) is 0 Å². The lowest BCUT2D eigenvalue weighted by Gasteiger charge is -2.34. The molecule has 2 aliphatic heterocycles. The van der Waals surface area contributed by atoms with Crippen LogP contribution in [0, 0.1) is 11.8 Å². The molecule has 3 rings (SSSR count). The standard InChI is InChI=1S/C17H30N2O/c1-14-4-3-5-15(2)17(14)13-18-7-6-16(12-18)19-8-10-20-11-9-19/h4,15-17H,3,5-13H2,1-2H3/t15-,16+,17-/m0/s1. The minimum atomic E-state index is 0.780. The molecule has 2 saturated heterocycles. The van der Waals surface area contributed by atoms with Crippen molar-refractivity contribution in [3.63, 3.8) is 0 Å². The molecule has 0 unspecified atom stereocenters. The number of rotatable bonds is 3. The van der Waals surface area contributed by atoms with Gasteiger partial charge in [0, 0.05) is 32.2 Å². The van der Waals surface area contributed by atoms with Crippen molar-refractivity contribution < 1.29 is 4.74 Å². The molecule has 0 saturated carbocycles. The highest BCUT2D eigenvalue weighted by Gasteiger charge is 2.31. The molecular formula is C17H30N2O. The van der Waals surface area contributed by atoms with Crippen molar-refractivity contribution in [2.75, 3.05) is 45.9 Å². The Morgan fingerprint density at radius 3 is 2.75 bits per heavy atom. The average molecular weight is 278 g/mol. The Morgan fingerprint density at radius 2 is 2.00 bits per heavy atom. The van der Waals surface area contributed by atoms with E-state index in [9.17, 15) is 0 Å². The lowest BCUT2D eigenvalue weighted by molar-refractivity contribution is 0.0182. The number of likely N-dealkylation sites (tertiary alicyclic amines) is 1. The van der Waals surface area contributed by atoms with Crippen LogP contribution in [0.3, 0.4) is 0 Å². The van der Waals surface area contributed by atoms with Crippen LogP contribution in [0.5, 0.6) is 0 Å². The van der Waals surface area contributed by atoms with Gasteiger partial charge in [0.25, 0.3) is 0 Å². The van der Waals surface area contributed by atoms with Crippen molar-refractivity contribution in [1.29, 1.82) is 0 Å². The Bertz CT molecular complexity index is 349. The van der Waals surface area contributed by atoms with E-state index in [0.29, 0.717) is 0 Å². The van der Waals surface area contributed by atoms with Crippen molar-refractivity contribution in [3.05, 3.63) is 11.6 Å². The van der Waals surface area contributed by atoms with Crippen LogP contribution < -0.4 is 0 Å². The zero-order valence-electron chi connectivity index (χ0n) is 13.2. The molecular weight excluding hydrogens is 248 g/mol. The van der Waals surface area contributed by atoms with Gasteiger partial charge < -0.3 is 9.64 Å². The van der Waals surface area contributed by atoms with E-state index in [2.05, 4.69) is 29.7 Å². The zero-order chi connectivity index (χ0) is 13.9. The second kappa shape index (κ2) is 6.59. The van der Waals surface area contributed by atoms with Gasteiger partial charge >= 0.3 is 0 Å². The van der Waals surface area contributed by atoms with Crippen LogP contribution in [-0.4, -0.2) is 61.8 Å². The normalized spacial score (nSPS) is 37.1. The molecule has 2 fully saturated rings. The summed E-state index contributed by atoms with van der Waals surface area (Å²) < 4.78 is 5.47. The van der Waals surface area contributed by atoms with E-state index < -0.39 is 0 Å². The molecule has 3 atom stereocenters. The van der Waals surface area contributed by atoms with Crippen molar-refractivity contribution in [3.8, 4) is 0 Å². The Hall–Kier alpha value is -0.380. The van der Waals surface area contributed by atoms with Crippen LogP contribution in [0.4, 0.5) is 0 Å². The van der Waals surface area contributed by atoms with Crippen LogP contribution in [0.25, 0.3) is 0 Å². The zero-order valence-corrected chi connectivity index (χ0v) is 13.2. The van der Waals surface area contributed by atoms with Gasteiger partial charge in [-0.2, -0.15) is 0 Å². The van der Waals surface area contributed by atoms with E-state index in [1.165, 1.54) is 38.9 Å². The smallest absolute Gasteiger partial charge is 0.0594 e. The quantitative estimate of drug-likeness (QED) is 0.737. The van der Waals surface area contributed by atoms with Gasteiger partial charge in [-0.25, -0.2) is 0 Å². The van der Waals surface area contributed by atoms with Gasteiger partial charge in [-0.3, -0.25) is 4.90 Å². The number of hydrogen-bond acceptors (Lipinski definition) is 3. The van der Waals surface area contributed by atoms with Crippen molar-refractivity contribution in [1.82, 2.24) is 9.80 Å². The third-order valence-electron chi connectivity index (χ3n) is 5.62. The summed E-state index contributed by atoms with van der Waals surface area (Å²) in [6.07, 6.45) is 6.49. The van der Waals surface area contributed by atoms with Crippen LogP contribution in [0.2, 0.25) is 0 Å². The van der Waals surface area contributed by atoms with Gasteiger partial charge in [-0.1, -0.05) is 18.6 Å². The number of nitrogens with zero attached hydrogens (tertiary/aromatic N) is 2. The fourth-order valence-electron chi connectivity index (χ4n) is 4.20. The van der Waals surface area contributed by atoms with Crippen LogP contribution in [-0.2, 0) is 4.74 Å². The fraction of sp³-hybridized carbons (Fsp3) is 0.882. The van der Waals surface area contributed by atoms with Crippen molar-refractivity contribution in [2.45, 2.75) is 39.2 Å². The molecule has 2 heterocycles. The van der Waals surface area contributed by atoms with Crippen molar-refractivity contribution >= 4 is 0 Å².